The number of rotatable bonds is 1. The van der Waals surface area contributed by atoms with Crippen LogP contribution in [0.5, 0.6) is 0 Å². The van der Waals surface area contributed by atoms with Crippen LogP contribution < -0.4 is 10.4 Å². The minimum atomic E-state index is -0.727. The van der Waals surface area contributed by atoms with E-state index in [0.29, 0.717) is 5.06 Å². The zero-order valence-corrected chi connectivity index (χ0v) is 9.86. The lowest BCUT2D eigenvalue weighted by Gasteiger charge is -2.16. The summed E-state index contributed by atoms with van der Waals surface area (Å²) in [6.07, 6.45) is 0. The average Bonchev–Trinajstić information content (AvgIpc) is 2.21. The molecule has 1 rings (SSSR count). The zero-order valence-electron chi connectivity index (χ0n) is 7.59. The first-order valence-electron chi connectivity index (χ1n) is 3.82. The maximum absolute atomic E-state index is 11.1. The number of benzene rings is 1. The molecule has 82 valence electrons. The Morgan fingerprint density at radius 3 is 2.33 bits per heavy atom. The maximum atomic E-state index is 11.1. The summed E-state index contributed by atoms with van der Waals surface area (Å²) in [5.41, 5.74) is 0.0606. The monoisotopic (exact) mass is 268 g/mol. The van der Waals surface area contributed by atoms with E-state index in [2.05, 4.69) is 5.32 Å². The zero-order chi connectivity index (χ0) is 11.6. The summed E-state index contributed by atoms with van der Waals surface area (Å²) in [7, 11) is 1.37. The van der Waals surface area contributed by atoms with Crippen molar-refractivity contribution in [2.75, 3.05) is 12.1 Å². The van der Waals surface area contributed by atoms with Gasteiger partial charge in [0.15, 0.2) is 0 Å². The second kappa shape index (κ2) is 4.90. The van der Waals surface area contributed by atoms with Gasteiger partial charge in [0, 0.05) is 7.05 Å². The summed E-state index contributed by atoms with van der Waals surface area (Å²) in [6, 6.07) is 1.91. The molecule has 0 heterocycles. The first-order chi connectivity index (χ1) is 6.97. The highest BCUT2D eigenvalue weighted by Gasteiger charge is 2.16. The van der Waals surface area contributed by atoms with Crippen molar-refractivity contribution < 1.29 is 10.0 Å². The molecule has 0 aliphatic heterocycles. The molecule has 0 radical (unpaired) electrons. The minimum Gasteiger partial charge on any atom is -0.339 e. The fraction of sp³-hybridized carbons (Fsp3) is 0.125. The average molecular weight is 270 g/mol. The molecule has 4 nitrogen and oxygen atoms in total. The molecule has 0 spiro atoms. The highest BCUT2D eigenvalue weighted by molar-refractivity contribution is 6.44. The molecule has 0 bridgehead atoms. The molecular formula is C8H7Cl3N2O2. The van der Waals surface area contributed by atoms with Gasteiger partial charge in [-0.05, 0) is 12.1 Å². The fourth-order valence-electron chi connectivity index (χ4n) is 0.890. The lowest BCUT2D eigenvalue weighted by Crippen LogP contribution is -2.35. The molecular weight excluding hydrogens is 262 g/mol. The van der Waals surface area contributed by atoms with Crippen molar-refractivity contribution in [3.63, 3.8) is 0 Å². The number of hydroxylamine groups is 1. The topological polar surface area (TPSA) is 52.6 Å². The normalized spacial score (nSPS) is 9.93. The Labute approximate surface area is 101 Å². The highest BCUT2D eigenvalue weighted by Crippen LogP contribution is 2.33. The van der Waals surface area contributed by atoms with E-state index in [0.717, 1.165) is 0 Å². The number of amides is 2. The second-order valence-corrected chi connectivity index (χ2v) is 3.81. The Kier molecular flexibility index (Phi) is 4.04. The number of nitrogens with one attached hydrogen (secondary N) is 1. The van der Waals surface area contributed by atoms with Crippen molar-refractivity contribution in [3.05, 3.63) is 27.2 Å². The minimum absolute atomic E-state index is 0.0606. The molecule has 15 heavy (non-hydrogen) atoms. The van der Waals surface area contributed by atoms with Crippen molar-refractivity contribution in [2.45, 2.75) is 0 Å². The maximum Gasteiger partial charge on any atom is 0.345 e. The quantitative estimate of drug-likeness (QED) is 0.467. The number of urea groups is 1. The summed E-state index contributed by atoms with van der Waals surface area (Å²) in [4.78, 5) is 11.1. The number of anilines is 1. The predicted octanol–water partition coefficient (Wildman–Crippen LogP) is 3.18. The molecule has 1 aromatic carbocycles. The van der Waals surface area contributed by atoms with E-state index in [-0.39, 0.29) is 20.8 Å². The Morgan fingerprint density at radius 1 is 1.27 bits per heavy atom. The molecule has 1 aromatic rings. The summed E-state index contributed by atoms with van der Waals surface area (Å²) in [5, 5.41) is 12.6. The van der Waals surface area contributed by atoms with Gasteiger partial charge in [-0.1, -0.05) is 34.8 Å². The molecule has 0 saturated heterocycles. The molecule has 0 saturated carbocycles. The lowest BCUT2D eigenvalue weighted by atomic mass is 10.3. The Balaban J connectivity index is 3.14. The Bertz CT molecular complexity index is 398. The van der Waals surface area contributed by atoms with E-state index in [9.17, 15) is 10.0 Å². The van der Waals surface area contributed by atoms with Gasteiger partial charge >= 0.3 is 6.03 Å². The number of hydrogen-bond donors (Lipinski definition) is 2. The first-order valence-corrected chi connectivity index (χ1v) is 4.96. The summed E-state index contributed by atoms with van der Waals surface area (Å²) >= 11 is 17.2. The van der Waals surface area contributed by atoms with Crippen molar-refractivity contribution in [3.8, 4) is 0 Å². The van der Waals surface area contributed by atoms with Gasteiger partial charge in [0.25, 0.3) is 0 Å². The van der Waals surface area contributed by atoms with Crippen molar-refractivity contribution in [1.82, 2.24) is 5.32 Å². The molecule has 0 atom stereocenters. The van der Waals surface area contributed by atoms with Gasteiger partial charge in [-0.15, -0.1) is 0 Å². The standard InChI is InChI=1S/C8H7Cl3N2O2/c1-12-8(14)13(15)7-3-5(10)4(9)2-6(7)11/h2-3,15H,1H3,(H,12,14). The summed E-state index contributed by atoms with van der Waals surface area (Å²) in [6.45, 7) is 0. The van der Waals surface area contributed by atoms with Crippen LogP contribution in [0.15, 0.2) is 12.1 Å². The smallest absolute Gasteiger partial charge is 0.339 e. The van der Waals surface area contributed by atoms with Gasteiger partial charge in [0.2, 0.25) is 0 Å². The highest BCUT2D eigenvalue weighted by atomic mass is 35.5. The van der Waals surface area contributed by atoms with Crippen LogP contribution in [-0.2, 0) is 0 Å². The summed E-state index contributed by atoms with van der Waals surface area (Å²) < 4.78 is 0. The van der Waals surface area contributed by atoms with Gasteiger partial charge in [-0.25, -0.2) is 4.79 Å². The number of hydrogen-bond acceptors (Lipinski definition) is 2. The van der Waals surface area contributed by atoms with E-state index >= 15 is 0 Å². The van der Waals surface area contributed by atoms with Crippen LogP contribution in [0.1, 0.15) is 0 Å². The summed E-state index contributed by atoms with van der Waals surface area (Å²) in [5.74, 6) is 0. The Hall–Kier alpha value is -0.680. The van der Waals surface area contributed by atoms with Crippen molar-refractivity contribution in [2.24, 2.45) is 0 Å². The molecule has 2 N–H and O–H groups in total. The third kappa shape index (κ3) is 2.66. The van der Waals surface area contributed by atoms with E-state index in [1.165, 1.54) is 19.2 Å². The number of carbonyl (C=O) groups excluding carboxylic acids is 1. The van der Waals surface area contributed by atoms with Gasteiger partial charge < -0.3 is 5.32 Å². The molecule has 7 heteroatoms. The van der Waals surface area contributed by atoms with Crippen LogP contribution in [-0.4, -0.2) is 18.3 Å². The fourth-order valence-corrected chi connectivity index (χ4v) is 1.51. The lowest BCUT2D eigenvalue weighted by molar-refractivity contribution is 0.206. The SMILES string of the molecule is CNC(=O)N(O)c1cc(Cl)c(Cl)cc1Cl. The van der Waals surface area contributed by atoms with Gasteiger partial charge in [-0.2, -0.15) is 5.06 Å². The van der Waals surface area contributed by atoms with E-state index in [1.807, 2.05) is 0 Å². The van der Waals surface area contributed by atoms with Crippen molar-refractivity contribution >= 4 is 46.5 Å². The molecule has 2 amide bonds. The van der Waals surface area contributed by atoms with E-state index < -0.39 is 6.03 Å². The van der Waals surface area contributed by atoms with E-state index in [1.54, 1.807) is 0 Å². The van der Waals surface area contributed by atoms with Gasteiger partial charge in [0.1, 0.15) is 0 Å². The third-order valence-electron chi connectivity index (χ3n) is 1.62. The third-order valence-corrected chi connectivity index (χ3v) is 2.65. The predicted molar refractivity (Wildman–Crippen MR) is 60.2 cm³/mol. The van der Waals surface area contributed by atoms with Crippen LogP contribution in [0, 0.1) is 0 Å². The van der Waals surface area contributed by atoms with Crippen LogP contribution in [0.25, 0.3) is 0 Å². The van der Waals surface area contributed by atoms with Crippen LogP contribution in [0.2, 0.25) is 15.1 Å². The Morgan fingerprint density at radius 2 is 1.80 bits per heavy atom. The molecule has 0 aromatic heterocycles. The van der Waals surface area contributed by atoms with E-state index in [4.69, 9.17) is 34.8 Å². The van der Waals surface area contributed by atoms with Crippen LogP contribution in [0.4, 0.5) is 10.5 Å². The van der Waals surface area contributed by atoms with Gasteiger partial charge in [0.05, 0.1) is 20.8 Å². The molecule has 0 aliphatic carbocycles. The number of halogens is 3. The largest absolute Gasteiger partial charge is 0.345 e. The van der Waals surface area contributed by atoms with Crippen LogP contribution >= 0.6 is 34.8 Å². The molecule has 0 fully saturated rings. The van der Waals surface area contributed by atoms with Gasteiger partial charge in [-0.3, -0.25) is 5.21 Å². The van der Waals surface area contributed by atoms with Crippen molar-refractivity contribution in [1.29, 1.82) is 0 Å². The molecule has 0 aliphatic rings. The first kappa shape index (κ1) is 12.4. The van der Waals surface area contributed by atoms with Crippen LogP contribution in [0.3, 0.4) is 0 Å². The second-order valence-electron chi connectivity index (χ2n) is 2.58. The number of nitrogens with zero attached hydrogens (tertiary/aromatic N) is 1. The number of carbonyl (C=O) groups is 1. The molecule has 0 unspecified atom stereocenters.